The number of nitriles is 1. The number of hydrazine groups is 1. The van der Waals surface area contributed by atoms with E-state index >= 15 is 0 Å². The van der Waals surface area contributed by atoms with Crippen molar-refractivity contribution in [2.75, 3.05) is 0 Å². The number of Topliss-reactive ketones (excluding diaryl/α,β-unsaturated/α-hetero) is 1. The fourth-order valence-corrected chi connectivity index (χ4v) is 1.78. The number of nitrogens with two attached hydrogens (primary N) is 1. The first-order valence-corrected chi connectivity index (χ1v) is 5.75. The van der Waals surface area contributed by atoms with Gasteiger partial charge in [0.1, 0.15) is 17.7 Å². The van der Waals surface area contributed by atoms with Gasteiger partial charge in [-0.1, -0.05) is 12.2 Å². The molecule has 0 aromatic carbocycles. The van der Waals surface area contributed by atoms with Gasteiger partial charge in [-0.2, -0.15) is 10.4 Å². The van der Waals surface area contributed by atoms with Gasteiger partial charge in [-0.3, -0.25) is 14.6 Å². The van der Waals surface area contributed by atoms with Crippen LogP contribution in [0.3, 0.4) is 0 Å². The van der Waals surface area contributed by atoms with Crippen molar-refractivity contribution in [3.8, 4) is 6.07 Å². The van der Waals surface area contributed by atoms with E-state index in [1.54, 1.807) is 13.0 Å². The molecule has 0 saturated carbocycles. The highest BCUT2D eigenvalue weighted by atomic mass is 16.2. The molecular weight excluding hydrogens is 258 g/mol. The molecular formula is C13H11N5O2. The van der Waals surface area contributed by atoms with Gasteiger partial charge in [-0.15, -0.1) is 5.10 Å². The molecule has 1 heterocycles. The monoisotopic (exact) mass is 269 g/mol. The van der Waals surface area contributed by atoms with E-state index in [1.165, 1.54) is 24.4 Å². The van der Waals surface area contributed by atoms with E-state index in [-0.39, 0.29) is 11.3 Å². The topological polar surface area (TPSA) is 113 Å². The zero-order valence-corrected chi connectivity index (χ0v) is 10.6. The summed E-state index contributed by atoms with van der Waals surface area (Å²) in [5, 5.41) is 16.9. The molecule has 2 rings (SSSR count). The second-order valence-corrected chi connectivity index (χ2v) is 4.16. The van der Waals surface area contributed by atoms with Crippen molar-refractivity contribution in [3.63, 3.8) is 0 Å². The summed E-state index contributed by atoms with van der Waals surface area (Å²) >= 11 is 0. The number of hydrogen-bond acceptors (Lipinski definition) is 6. The molecule has 20 heavy (non-hydrogen) atoms. The molecule has 1 atom stereocenters. The highest BCUT2D eigenvalue weighted by molar-refractivity contribution is 6.08. The lowest BCUT2D eigenvalue weighted by atomic mass is 9.94. The van der Waals surface area contributed by atoms with Crippen LogP contribution in [0.4, 0.5) is 0 Å². The number of hydrogen-bond donors (Lipinski definition) is 1. The third-order valence-corrected chi connectivity index (χ3v) is 2.88. The van der Waals surface area contributed by atoms with Crippen LogP contribution in [0.2, 0.25) is 0 Å². The maximum absolute atomic E-state index is 12.1. The molecule has 7 heteroatoms. The number of aromatic nitrogens is 2. The molecule has 1 unspecified atom stereocenters. The lowest BCUT2D eigenvalue weighted by molar-refractivity contribution is -0.118. The van der Waals surface area contributed by atoms with Crippen LogP contribution in [0, 0.1) is 11.3 Å². The number of allylic oxidation sites excluding steroid dienone is 2. The summed E-state index contributed by atoms with van der Waals surface area (Å²) in [5.74, 6) is 4.54. The summed E-state index contributed by atoms with van der Waals surface area (Å²) in [5.41, 5.74) is 0.579. The van der Waals surface area contributed by atoms with Gasteiger partial charge in [0.15, 0.2) is 5.69 Å². The minimum absolute atomic E-state index is 0.0000964. The smallest absolute Gasteiger partial charge is 0.289 e. The van der Waals surface area contributed by atoms with Gasteiger partial charge in [0.2, 0.25) is 5.78 Å². The zero-order chi connectivity index (χ0) is 14.7. The van der Waals surface area contributed by atoms with Crippen molar-refractivity contribution in [3.05, 3.63) is 47.3 Å². The van der Waals surface area contributed by atoms with Crippen molar-refractivity contribution in [2.24, 2.45) is 5.84 Å². The lowest BCUT2D eigenvalue weighted by Gasteiger charge is -2.25. The molecule has 1 amide bonds. The van der Waals surface area contributed by atoms with Crippen LogP contribution in [0.25, 0.3) is 0 Å². The normalized spacial score (nSPS) is 17.9. The Bertz CT molecular complexity index is 657. The van der Waals surface area contributed by atoms with Crippen LogP contribution in [-0.2, 0) is 4.79 Å². The van der Waals surface area contributed by atoms with Crippen LogP contribution in [0.5, 0.6) is 0 Å². The number of carbonyl (C=O) groups excluding carboxylic acids is 2. The standard InChI is InChI=1S/C13H11N5O2/c1-8-4-5-11(12(19)9(8)7-14)18(15)13(20)10-3-2-6-16-17-10/h2-6,11H,15H2,1H3. The van der Waals surface area contributed by atoms with Crippen molar-refractivity contribution >= 4 is 11.7 Å². The minimum atomic E-state index is -1.01. The Kier molecular flexibility index (Phi) is 3.68. The molecule has 1 aromatic rings. The summed E-state index contributed by atoms with van der Waals surface area (Å²) in [4.78, 5) is 24.2. The number of ketones is 1. The lowest BCUT2D eigenvalue weighted by Crippen LogP contribution is -2.50. The molecule has 0 aliphatic heterocycles. The Hall–Kier alpha value is -2.85. The Labute approximate surface area is 115 Å². The summed E-state index contributed by atoms with van der Waals surface area (Å²) < 4.78 is 0. The average molecular weight is 269 g/mol. The van der Waals surface area contributed by atoms with Gasteiger partial charge >= 0.3 is 0 Å². The van der Waals surface area contributed by atoms with Gasteiger partial charge in [-0.25, -0.2) is 5.84 Å². The van der Waals surface area contributed by atoms with Crippen LogP contribution < -0.4 is 5.84 Å². The first-order chi connectivity index (χ1) is 9.56. The van der Waals surface area contributed by atoms with E-state index in [0.29, 0.717) is 5.57 Å². The van der Waals surface area contributed by atoms with Crippen LogP contribution in [0.15, 0.2) is 41.6 Å². The Morgan fingerprint density at radius 1 is 1.55 bits per heavy atom. The maximum atomic E-state index is 12.1. The third kappa shape index (κ3) is 2.32. The molecule has 1 aliphatic rings. The van der Waals surface area contributed by atoms with Crippen molar-refractivity contribution in [1.29, 1.82) is 5.26 Å². The van der Waals surface area contributed by atoms with Crippen LogP contribution >= 0.6 is 0 Å². The predicted octanol–water partition coefficient (Wildman–Crippen LogP) is 0.140. The summed E-state index contributed by atoms with van der Waals surface area (Å²) in [6.07, 6.45) is 4.49. The Morgan fingerprint density at radius 3 is 2.90 bits per heavy atom. The molecule has 0 radical (unpaired) electrons. The van der Waals surface area contributed by atoms with E-state index in [2.05, 4.69) is 10.2 Å². The maximum Gasteiger partial charge on any atom is 0.289 e. The quantitative estimate of drug-likeness (QED) is 0.464. The molecule has 1 aliphatic carbocycles. The van der Waals surface area contributed by atoms with E-state index < -0.39 is 17.7 Å². The minimum Gasteiger partial charge on any atom is -0.291 e. The van der Waals surface area contributed by atoms with E-state index in [0.717, 1.165) is 5.01 Å². The fraction of sp³-hybridized carbons (Fsp3) is 0.154. The first-order valence-electron chi connectivity index (χ1n) is 5.75. The Morgan fingerprint density at radius 2 is 2.30 bits per heavy atom. The third-order valence-electron chi connectivity index (χ3n) is 2.88. The van der Waals surface area contributed by atoms with E-state index in [9.17, 15) is 9.59 Å². The van der Waals surface area contributed by atoms with Gasteiger partial charge in [0.25, 0.3) is 5.91 Å². The number of nitrogens with zero attached hydrogens (tertiary/aromatic N) is 4. The van der Waals surface area contributed by atoms with E-state index in [4.69, 9.17) is 11.1 Å². The second kappa shape index (κ2) is 5.42. The SMILES string of the molecule is CC1=C(C#N)C(=O)C(N(N)C(=O)c2cccnn2)C=C1. The largest absolute Gasteiger partial charge is 0.291 e. The summed E-state index contributed by atoms with van der Waals surface area (Å²) in [7, 11) is 0. The number of rotatable bonds is 2. The zero-order valence-electron chi connectivity index (χ0n) is 10.6. The summed E-state index contributed by atoms with van der Waals surface area (Å²) in [6, 6.07) is 3.80. The molecule has 0 spiro atoms. The predicted molar refractivity (Wildman–Crippen MR) is 68.6 cm³/mol. The van der Waals surface area contributed by atoms with Gasteiger partial charge in [-0.05, 0) is 24.6 Å². The molecule has 7 nitrogen and oxygen atoms in total. The highest BCUT2D eigenvalue weighted by Gasteiger charge is 2.32. The first kappa shape index (κ1) is 13.6. The Balaban J connectivity index is 2.26. The molecule has 2 N–H and O–H groups in total. The van der Waals surface area contributed by atoms with Gasteiger partial charge in [0.05, 0.1) is 0 Å². The van der Waals surface area contributed by atoms with Crippen molar-refractivity contribution in [1.82, 2.24) is 15.2 Å². The number of amides is 1. The average Bonchev–Trinajstić information content (AvgIpc) is 2.47. The van der Waals surface area contributed by atoms with Crippen molar-refractivity contribution in [2.45, 2.75) is 13.0 Å². The van der Waals surface area contributed by atoms with Gasteiger partial charge in [0, 0.05) is 6.20 Å². The summed E-state index contributed by atoms with van der Waals surface area (Å²) in [6.45, 7) is 1.65. The highest BCUT2D eigenvalue weighted by Crippen LogP contribution is 2.18. The van der Waals surface area contributed by atoms with Crippen molar-refractivity contribution < 1.29 is 9.59 Å². The molecule has 0 saturated heterocycles. The van der Waals surface area contributed by atoms with Crippen LogP contribution in [-0.4, -0.2) is 32.9 Å². The van der Waals surface area contributed by atoms with Crippen LogP contribution in [0.1, 0.15) is 17.4 Å². The number of carbonyl (C=O) groups is 2. The van der Waals surface area contributed by atoms with E-state index in [1.807, 2.05) is 6.07 Å². The molecule has 0 fully saturated rings. The molecule has 0 bridgehead atoms. The molecule has 100 valence electrons. The van der Waals surface area contributed by atoms with Gasteiger partial charge < -0.3 is 0 Å². The second-order valence-electron chi connectivity index (χ2n) is 4.16. The fourth-order valence-electron chi connectivity index (χ4n) is 1.78. The molecule has 1 aromatic heterocycles.